The van der Waals surface area contributed by atoms with Gasteiger partial charge >= 0.3 is 5.91 Å². The summed E-state index contributed by atoms with van der Waals surface area (Å²) in [7, 11) is 0. The largest absolute Gasteiger partial charge is 0.459 e. The van der Waals surface area contributed by atoms with Crippen molar-refractivity contribution < 1.29 is 57.8 Å². The maximum atomic E-state index is 14.6. The highest BCUT2D eigenvalue weighted by Gasteiger charge is 2.63. The first-order valence-electron chi connectivity index (χ1n) is 23.1. The van der Waals surface area contributed by atoms with Crippen LogP contribution >= 0.6 is 0 Å². The second kappa shape index (κ2) is 18.8. The van der Waals surface area contributed by atoms with Gasteiger partial charge in [-0.3, -0.25) is 25.2 Å². The van der Waals surface area contributed by atoms with Gasteiger partial charge in [0.1, 0.15) is 11.9 Å². The molecule has 6 rings (SSSR count). The summed E-state index contributed by atoms with van der Waals surface area (Å²) in [5, 5.41) is 34.5. The number of furan rings is 1. The Kier molecular flexibility index (Phi) is 14.7. The number of hydrogen-bond acceptors (Lipinski definition) is 12. The van der Waals surface area contributed by atoms with Crippen LogP contribution in [-0.4, -0.2) is 98.4 Å². The van der Waals surface area contributed by atoms with E-state index in [0.717, 1.165) is 6.42 Å². The molecule has 2 spiro atoms. The summed E-state index contributed by atoms with van der Waals surface area (Å²) in [6.45, 7) is 19.6. The van der Waals surface area contributed by atoms with Crippen LogP contribution in [0.25, 0.3) is 0 Å². The summed E-state index contributed by atoms with van der Waals surface area (Å²) in [6, 6.07) is 3.09. The van der Waals surface area contributed by atoms with Crippen molar-refractivity contribution in [3.8, 4) is 0 Å². The summed E-state index contributed by atoms with van der Waals surface area (Å²) in [4.78, 5) is 40.3. The van der Waals surface area contributed by atoms with Crippen molar-refractivity contribution in [3.63, 3.8) is 0 Å². The Morgan fingerprint density at radius 1 is 0.902 bits per heavy atom. The van der Waals surface area contributed by atoms with Gasteiger partial charge in [0.2, 0.25) is 11.7 Å². The minimum atomic E-state index is -1.39. The standard InChI is InChI=1S/C47H74N2O12/c1-11-32(42(53)48-49-43(54)35-15-14-24-56-35)34-17-16-26(4)40(58-34)30(8)38(51)29(7)39(52)33(12-2)41-27(5)25-28(6)46(59-41)21-18-36(50)47(61-46)23-22-44(10,60-47)37-19-20-45(55,13-3)31(9)57-37/h14-15,18,21,24,26-34,36-38,40-41,50-51,55H,11-13,16-17,19-20,22-23,25H2,1-10H3,(H,48,53)(H,49,54)/t26?,27-,28+,29-,30-,31-,32+,33-,34+,36+,37+,38+,40+,41-,44-,45+,46-,47-/m0/s1. The maximum absolute atomic E-state index is 14.6. The number of aliphatic hydroxyl groups is 3. The molecular formula is C47H74N2O12. The van der Waals surface area contributed by atoms with Crippen molar-refractivity contribution in [2.75, 3.05) is 0 Å². The van der Waals surface area contributed by atoms with Crippen molar-refractivity contribution in [2.24, 2.45) is 41.4 Å². The minimum Gasteiger partial charge on any atom is -0.459 e. The lowest BCUT2D eigenvalue weighted by Gasteiger charge is -2.54. The lowest BCUT2D eigenvalue weighted by Crippen LogP contribution is -2.63. The van der Waals surface area contributed by atoms with Gasteiger partial charge in [-0.25, -0.2) is 0 Å². The smallest absolute Gasteiger partial charge is 0.305 e. The molecule has 0 saturated carbocycles. The van der Waals surface area contributed by atoms with E-state index in [2.05, 4.69) is 31.6 Å². The number of aliphatic hydroxyl groups excluding tert-OH is 2. The third-order valence-corrected chi connectivity index (χ3v) is 15.5. The van der Waals surface area contributed by atoms with Crippen LogP contribution in [0.2, 0.25) is 0 Å². The molecule has 0 aliphatic carbocycles. The third-order valence-electron chi connectivity index (χ3n) is 15.5. The molecule has 5 aliphatic rings. The monoisotopic (exact) mass is 859 g/mol. The number of hydrogen-bond donors (Lipinski definition) is 5. The molecule has 1 aromatic heterocycles. The van der Waals surface area contributed by atoms with Gasteiger partial charge in [0, 0.05) is 30.1 Å². The fourth-order valence-corrected chi connectivity index (χ4v) is 11.2. The first-order valence-corrected chi connectivity index (χ1v) is 23.1. The van der Waals surface area contributed by atoms with Gasteiger partial charge in [0.15, 0.2) is 11.5 Å². The van der Waals surface area contributed by atoms with Gasteiger partial charge in [-0.15, -0.1) is 0 Å². The molecule has 61 heavy (non-hydrogen) atoms. The maximum Gasteiger partial charge on any atom is 0.305 e. The Hall–Kier alpha value is -2.69. The van der Waals surface area contributed by atoms with Crippen molar-refractivity contribution in [3.05, 3.63) is 36.3 Å². The van der Waals surface area contributed by atoms with Gasteiger partial charge in [-0.2, -0.15) is 0 Å². The Bertz CT molecular complexity index is 1710. The number of ether oxygens (including phenoxy) is 5. The fraction of sp³-hybridized carbons (Fsp3) is 0.809. The van der Waals surface area contributed by atoms with Crippen LogP contribution in [0.1, 0.15) is 144 Å². The molecule has 14 nitrogen and oxygen atoms in total. The van der Waals surface area contributed by atoms with E-state index in [-0.39, 0.29) is 47.4 Å². The first kappa shape index (κ1) is 47.8. The second-order valence-electron chi connectivity index (χ2n) is 19.5. The normalized spacial score (nSPS) is 41.5. The van der Waals surface area contributed by atoms with Crippen LogP contribution in [-0.2, 0) is 33.3 Å². The zero-order chi connectivity index (χ0) is 44.7. The Balaban J connectivity index is 1.12. The van der Waals surface area contributed by atoms with E-state index in [1.165, 1.54) is 12.3 Å². The van der Waals surface area contributed by atoms with Crippen LogP contribution in [0, 0.1) is 41.4 Å². The predicted molar refractivity (Wildman–Crippen MR) is 225 cm³/mol. The number of rotatable bonds is 13. The van der Waals surface area contributed by atoms with Crippen molar-refractivity contribution >= 4 is 17.6 Å². The van der Waals surface area contributed by atoms with E-state index in [4.69, 9.17) is 28.1 Å². The molecule has 18 atom stereocenters. The van der Waals surface area contributed by atoms with Crippen LogP contribution in [0.4, 0.5) is 0 Å². The third kappa shape index (κ3) is 9.30. The highest BCUT2D eigenvalue weighted by molar-refractivity contribution is 5.93. The molecule has 0 radical (unpaired) electrons. The lowest BCUT2D eigenvalue weighted by molar-refractivity contribution is -0.409. The van der Waals surface area contributed by atoms with Gasteiger partial charge in [-0.1, -0.05) is 55.4 Å². The zero-order valence-corrected chi connectivity index (χ0v) is 38.1. The van der Waals surface area contributed by atoms with E-state index in [1.54, 1.807) is 25.1 Å². The number of carbonyl (C=O) groups is 3. The number of carbonyl (C=O) groups excluding carboxylic acids is 3. The summed E-state index contributed by atoms with van der Waals surface area (Å²) in [6.07, 6.45) is 6.57. The average Bonchev–Trinajstić information content (AvgIpc) is 3.91. The highest BCUT2D eigenvalue weighted by Crippen LogP contribution is 2.54. The highest BCUT2D eigenvalue weighted by atomic mass is 16.8. The summed E-state index contributed by atoms with van der Waals surface area (Å²) in [5.41, 5.74) is 3.27. The van der Waals surface area contributed by atoms with E-state index in [9.17, 15) is 29.7 Å². The Morgan fingerprint density at radius 3 is 2.26 bits per heavy atom. The number of amides is 2. The average molecular weight is 859 g/mol. The van der Waals surface area contributed by atoms with E-state index in [0.29, 0.717) is 57.8 Å². The number of nitrogens with one attached hydrogen (secondary N) is 2. The molecular weight excluding hydrogens is 785 g/mol. The Morgan fingerprint density at radius 2 is 1.62 bits per heavy atom. The fourth-order valence-electron chi connectivity index (χ4n) is 11.2. The molecule has 14 heteroatoms. The molecule has 2 amide bonds. The van der Waals surface area contributed by atoms with Crippen LogP contribution < -0.4 is 10.9 Å². The number of ketones is 1. The lowest BCUT2D eigenvalue weighted by atomic mass is 9.72. The zero-order valence-electron chi connectivity index (χ0n) is 38.1. The van der Waals surface area contributed by atoms with Crippen molar-refractivity contribution in [1.82, 2.24) is 10.9 Å². The van der Waals surface area contributed by atoms with E-state index >= 15 is 0 Å². The molecule has 0 aromatic carbocycles. The summed E-state index contributed by atoms with van der Waals surface area (Å²) >= 11 is 0. The molecule has 5 aliphatic heterocycles. The predicted octanol–water partition coefficient (Wildman–Crippen LogP) is 6.16. The molecule has 4 saturated heterocycles. The molecule has 5 N–H and O–H groups in total. The van der Waals surface area contributed by atoms with E-state index < -0.39 is 82.9 Å². The molecule has 1 unspecified atom stereocenters. The van der Waals surface area contributed by atoms with Crippen LogP contribution in [0.3, 0.4) is 0 Å². The van der Waals surface area contributed by atoms with Crippen molar-refractivity contribution in [1.29, 1.82) is 0 Å². The quantitative estimate of drug-likeness (QED) is 0.112. The Labute approximate surface area is 362 Å². The number of hydrazine groups is 1. The minimum absolute atomic E-state index is 0.0104. The van der Waals surface area contributed by atoms with Gasteiger partial charge in [-0.05, 0) is 108 Å². The SMILES string of the molecule is CC[C@@H](C(=O)[C@@H](C)[C@@H](O)[C@H](C)[C@@H]1O[C@@H]([C@@H](CC)C(=O)NNC(=O)c2ccco2)CCC1C)[C@H]1O[C@]2(C=C[C@@H](O)[C@]3(CC[C@@](C)([C@H]4CC[C@](O)(CC)[C@H](C)O4)O3)O2)[C@H](C)C[C@@H]1C. The van der Waals surface area contributed by atoms with Crippen molar-refractivity contribution in [2.45, 2.75) is 199 Å². The van der Waals surface area contributed by atoms with Gasteiger partial charge in [0.25, 0.3) is 0 Å². The molecule has 1 aromatic rings. The number of Topliss-reactive ketones (excluding diaryl/α,β-unsaturated/α-hetero) is 1. The summed E-state index contributed by atoms with van der Waals surface area (Å²) < 4.78 is 38.9. The molecule has 4 fully saturated rings. The molecule has 344 valence electrons. The topological polar surface area (TPSA) is 195 Å². The first-order chi connectivity index (χ1) is 28.8. The van der Waals surface area contributed by atoms with Gasteiger partial charge in [0.05, 0.1) is 60.0 Å². The molecule has 0 bridgehead atoms. The summed E-state index contributed by atoms with van der Waals surface area (Å²) in [5.74, 6) is -5.98. The van der Waals surface area contributed by atoms with Gasteiger partial charge < -0.3 is 43.4 Å². The molecule has 6 heterocycles. The van der Waals surface area contributed by atoms with Crippen LogP contribution in [0.5, 0.6) is 0 Å². The second-order valence-corrected chi connectivity index (χ2v) is 19.5. The van der Waals surface area contributed by atoms with Crippen LogP contribution in [0.15, 0.2) is 35.0 Å². The van der Waals surface area contributed by atoms with E-state index in [1.807, 2.05) is 41.5 Å².